The summed E-state index contributed by atoms with van der Waals surface area (Å²) in [4.78, 5) is 15.8. The van der Waals surface area contributed by atoms with Crippen LogP contribution < -0.4 is 0 Å². The Labute approximate surface area is 123 Å². The Morgan fingerprint density at radius 1 is 1.53 bits per heavy atom. The van der Waals surface area contributed by atoms with Crippen molar-refractivity contribution in [1.82, 2.24) is 14.8 Å². The van der Waals surface area contributed by atoms with E-state index in [-0.39, 0.29) is 0 Å². The van der Waals surface area contributed by atoms with Gasteiger partial charge in [0.15, 0.2) is 5.15 Å². The largest absolute Gasteiger partial charge is 0.462 e. The molecule has 0 N–H and O–H groups in total. The Kier molecular flexibility index (Phi) is 4.21. The second kappa shape index (κ2) is 5.71. The number of ether oxygens (including phenoxy) is 1. The molecule has 0 saturated heterocycles. The predicted molar refractivity (Wildman–Crippen MR) is 74.8 cm³/mol. The number of nitrogens with zero attached hydrogens (tertiary/aromatic N) is 3. The number of hydrogen-bond donors (Lipinski definition) is 0. The average molecular weight is 345 g/mol. The Morgan fingerprint density at radius 3 is 2.95 bits per heavy atom. The Hall–Kier alpha value is -1.40. The SMILES string of the molecule is CCOC(=O)c1cnn(-c2cc(Br)cnc2Cl)c1C. The molecule has 5 nitrogen and oxygen atoms in total. The van der Waals surface area contributed by atoms with Crippen molar-refractivity contribution >= 4 is 33.5 Å². The number of carbonyl (C=O) groups is 1. The minimum absolute atomic E-state index is 0.310. The first-order valence-electron chi connectivity index (χ1n) is 5.57. The fourth-order valence-electron chi connectivity index (χ4n) is 1.62. The van der Waals surface area contributed by atoms with Gasteiger partial charge in [0.25, 0.3) is 0 Å². The monoisotopic (exact) mass is 343 g/mol. The summed E-state index contributed by atoms with van der Waals surface area (Å²) in [7, 11) is 0. The van der Waals surface area contributed by atoms with E-state index in [2.05, 4.69) is 26.0 Å². The van der Waals surface area contributed by atoms with Crippen molar-refractivity contribution < 1.29 is 9.53 Å². The van der Waals surface area contributed by atoms with Gasteiger partial charge < -0.3 is 4.74 Å². The summed E-state index contributed by atoms with van der Waals surface area (Å²) in [6.07, 6.45) is 3.06. The molecule has 0 bridgehead atoms. The van der Waals surface area contributed by atoms with Crippen molar-refractivity contribution in [2.45, 2.75) is 13.8 Å². The van der Waals surface area contributed by atoms with Gasteiger partial charge in [-0.1, -0.05) is 11.6 Å². The summed E-state index contributed by atoms with van der Waals surface area (Å²) in [5.41, 5.74) is 1.67. The first-order valence-corrected chi connectivity index (χ1v) is 6.74. The second-order valence-electron chi connectivity index (χ2n) is 3.74. The molecule has 19 heavy (non-hydrogen) atoms. The highest BCUT2D eigenvalue weighted by atomic mass is 79.9. The molecule has 0 atom stereocenters. The van der Waals surface area contributed by atoms with Crippen LogP contribution >= 0.6 is 27.5 Å². The van der Waals surface area contributed by atoms with E-state index in [1.54, 1.807) is 30.8 Å². The standard InChI is InChI=1S/C12H11BrClN3O2/c1-3-19-12(18)9-6-16-17(7(9)2)10-4-8(13)5-15-11(10)14/h4-6H,3H2,1-2H3. The summed E-state index contributed by atoms with van der Waals surface area (Å²) in [6, 6.07) is 1.78. The van der Waals surface area contributed by atoms with Crippen molar-refractivity contribution in [3.05, 3.63) is 39.3 Å². The van der Waals surface area contributed by atoms with Crippen molar-refractivity contribution in [2.75, 3.05) is 6.61 Å². The van der Waals surface area contributed by atoms with Crippen molar-refractivity contribution in [3.8, 4) is 5.69 Å². The van der Waals surface area contributed by atoms with Crippen LogP contribution in [-0.2, 0) is 4.74 Å². The number of hydrogen-bond acceptors (Lipinski definition) is 4. The molecule has 0 aliphatic rings. The molecule has 0 fully saturated rings. The van der Waals surface area contributed by atoms with Gasteiger partial charge in [0.2, 0.25) is 0 Å². The molecule has 0 aliphatic heterocycles. The van der Waals surface area contributed by atoms with Crippen LogP contribution in [0.3, 0.4) is 0 Å². The molecule has 0 unspecified atom stereocenters. The van der Waals surface area contributed by atoms with Crippen LogP contribution in [-0.4, -0.2) is 27.3 Å². The highest BCUT2D eigenvalue weighted by molar-refractivity contribution is 9.10. The van der Waals surface area contributed by atoms with E-state index in [1.807, 2.05) is 0 Å². The van der Waals surface area contributed by atoms with Crippen LogP contribution in [0.2, 0.25) is 5.15 Å². The first kappa shape index (κ1) is 14.0. The molecule has 0 aromatic carbocycles. The zero-order chi connectivity index (χ0) is 14.0. The van der Waals surface area contributed by atoms with E-state index < -0.39 is 5.97 Å². The second-order valence-corrected chi connectivity index (χ2v) is 5.01. The number of esters is 1. The topological polar surface area (TPSA) is 57.0 Å². The summed E-state index contributed by atoms with van der Waals surface area (Å²) in [5, 5.41) is 4.47. The van der Waals surface area contributed by atoms with Crippen LogP contribution in [0, 0.1) is 6.92 Å². The summed E-state index contributed by atoms with van der Waals surface area (Å²) in [6.45, 7) is 3.85. The Balaban J connectivity index is 2.47. The molecule has 2 heterocycles. The van der Waals surface area contributed by atoms with Gasteiger partial charge in [-0.3, -0.25) is 0 Å². The zero-order valence-electron chi connectivity index (χ0n) is 10.4. The minimum atomic E-state index is -0.398. The normalized spacial score (nSPS) is 10.5. The van der Waals surface area contributed by atoms with Crippen molar-refractivity contribution in [3.63, 3.8) is 0 Å². The van der Waals surface area contributed by atoms with Gasteiger partial charge in [0.1, 0.15) is 11.3 Å². The van der Waals surface area contributed by atoms with E-state index in [1.165, 1.54) is 6.20 Å². The van der Waals surface area contributed by atoms with Crippen molar-refractivity contribution in [2.24, 2.45) is 0 Å². The van der Waals surface area contributed by atoms with Crippen LogP contribution in [0.1, 0.15) is 23.0 Å². The zero-order valence-corrected chi connectivity index (χ0v) is 12.7. The van der Waals surface area contributed by atoms with Gasteiger partial charge in [-0.05, 0) is 35.8 Å². The summed E-state index contributed by atoms with van der Waals surface area (Å²) >= 11 is 9.37. The van der Waals surface area contributed by atoms with Gasteiger partial charge in [0, 0.05) is 10.7 Å². The van der Waals surface area contributed by atoms with Crippen LogP contribution in [0.25, 0.3) is 5.69 Å². The average Bonchev–Trinajstić information content (AvgIpc) is 2.74. The quantitative estimate of drug-likeness (QED) is 0.634. The van der Waals surface area contributed by atoms with E-state index in [0.717, 1.165) is 4.47 Å². The Bertz CT molecular complexity index is 627. The maximum atomic E-state index is 11.7. The minimum Gasteiger partial charge on any atom is -0.462 e. The molecule has 0 radical (unpaired) electrons. The van der Waals surface area contributed by atoms with Gasteiger partial charge in [-0.2, -0.15) is 5.10 Å². The lowest BCUT2D eigenvalue weighted by Crippen LogP contribution is -2.07. The molecule has 0 aliphatic carbocycles. The fourth-order valence-corrected chi connectivity index (χ4v) is 2.12. The Morgan fingerprint density at radius 2 is 2.26 bits per heavy atom. The molecule has 0 amide bonds. The maximum Gasteiger partial charge on any atom is 0.341 e. The van der Waals surface area contributed by atoms with Crippen LogP contribution in [0.4, 0.5) is 0 Å². The fraction of sp³-hybridized carbons (Fsp3) is 0.250. The van der Waals surface area contributed by atoms with Crippen LogP contribution in [0.5, 0.6) is 0 Å². The number of pyridine rings is 1. The smallest absolute Gasteiger partial charge is 0.341 e. The molecular weight excluding hydrogens is 334 g/mol. The molecule has 0 saturated carbocycles. The third kappa shape index (κ3) is 2.79. The number of halogens is 2. The van der Waals surface area contributed by atoms with Crippen molar-refractivity contribution in [1.29, 1.82) is 0 Å². The third-order valence-electron chi connectivity index (χ3n) is 2.52. The number of aromatic nitrogens is 3. The molecule has 7 heteroatoms. The molecule has 2 aromatic rings. The molecule has 0 spiro atoms. The van der Waals surface area contributed by atoms with E-state index >= 15 is 0 Å². The number of rotatable bonds is 3. The summed E-state index contributed by atoms with van der Waals surface area (Å²) in [5.74, 6) is -0.398. The van der Waals surface area contributed by atoms with Gasteiger partial charge in [-0.25, -0.2) is 14.5 Å². The van der Waals surface area contributed by atoms with Gasteiger partial charge in [-0.15, -0.1) is 0 Å². The first-order chi connectivity index (χ1) is 9.04. The third-order valence-corrected chi connectivity index (χ3v) is 3.25. The lowest BCUT2D eigenvalue weighted by Gasteiger charge is -2.07. The molecular formula is C12H11BrClN3O2. The molecule has 2 rings (SSSR count). The van der Waals surface area contributed by atoms with E-state index in [4.69, 9.17) is 16.3 Å². The van der Waals surface area contributed by atoms with E-state index in [9.17, 15) is 4.79 Å². The lowest BCUT2D eigenvalue weighted by molar-refractivity contribution is 0.0525. The predicted octanol–water partition coefficient (Wildman–Crippen LogP) is 3.17. The van der Waals surface area contributed by atoms with E-state index in [0.29, 0.717) is 28.7 Å². The lowest BCUT2D eigenvalue weighted by atomic mass is 10.2. The highest BCUT2D eigenvalue weighted by Crippen LogP contribution is 2.24. The van der Waals surface area contributed by atoms with Crippen LogP contribution in [0.15, 0.2) is 22.9 Å². The van der Waals surface area contributed by atoms with Gasteiger partial charge >= 0.3 is 5.97 Å². The summed E-state index contributed by atoms with van der Waals surface area (Å²) < 4.78 is 7.30. The molecule has 100 valence electrons. The highest BCUT2D eigenvalue weighted by Gasteiger charge is 2.17. The molecule has 2 aromatic heterocycles. The van der Waals surface area contributed by atoms with Gasteiger partial charge in [0.05, 0.1) is 18.5 Å². The maximum absolute atomic E-state index is 11.7. The number of carbonyl (C=O) groups excluding carboxylic acids is 1.